The lowest BCUT2D eigenvalue weighted by molar-refractivity contribution is -0.137. The minimum atomic E-state index is -4.35. The van der Waals surface area contributed by atoms with Crippen LogP contribution in [0.1, 0.15) is 5.56 Å². The predicted molar refractivity (Wildman–Crippen MR) is 61.9 cm³/mol. The largest absolute Gasteiger partial charge is 0.416 e. The van der Waals surface area contributed by atoms with Crippen LogP contribution in [-0.2, 0) is 6.18 Å². The number of alkyl halides is 3. The summed E-state index contributed by atoms with van der Waals surface area (Å²) >= 11 is 6.83. The molecule has 0 aliphatic heterocycles. The molecule has 0 spiro atoms. The smallest absolute Gasteiger partial charge is 0.332 e. The van der Waals surface area contributed by atoms with Gasteiger partial charge in [0.2, 0.25) is 0 Å². The number of anilines is 2. The number of rotatable bonds is 2. The molecule has 0 amide bonds. The van der Waals surface area contributed by atoms with Crippen molar-refractivity contribution >= 4 is 33.8 Å². The van der Waals surface area contributed by atoms with Crippen molar-refractivity contribution in [3.05, 3.63) is 40.4 Å². The molecule has 0 fully saturated rings. The van der Waals surface area contributed by atoms with Gasteiger partial charge in [0.1, 0.15) is 5.15 Å². The van der Waals surface area contributed by atoms with Crippen LogP contribution in [0, 0.1) is 0 Å². The lowest BCUT2D eigenvalue weighted by Gasteiger charge is -2.08. The molecular weight excluding hydrogens is 273 g/mol. The Hall–Kier alpha value is -1.27. The van der Waals surface area contributed by atoms with Gasteiger partial charge in [-0.1, -0.05) is 17.7 Å². The van der Waals surface area contributed by atoms with Crippen molar-refractivity contribution in [1.29, 1.82) is 0 Å². The Bertz CT molecular complexity index is 524. The first-order chi connectivity index (χ1) is 7.95. The second-order valence-corrected chi connectivity index (χ2v) is 4.42. The number of halogens is 4. The van der Waals surface area contributed by atoms with Gasteiger partial charge < -0.3 is 5.32 Å². The highest BCUT2D eigenvalue weighted by Crippen LogP contribution is 2.32. The van der Waals surface area contributed by atoms with Gasteiger partial charge in [0.25, 0.3) is 0 Å². The Morgan fingerprint density at radius 1 is 1.29 bits per heavy atom. The Labute approximate surface area is 104 Å². The van der Waals surface area contributed by atoms with Crippen LogP contribution in [0.25, 0.3) is 0 Å². The molecule has 2 aromatic rings. The summed E-state index contributed by atoms with van der Waals surface area (Å²) < 4.78 is 37.3. The number of benzene rings is 1. The van der Waals surface area contributed by atoms with Crippen LogP contribution in [0.2, 0.25) is 5.15 Å². The van der Waals surface area contributed by atoms with E-state index >= 15 is 0 Å². The Balaban J connectivity index is 2.22. The van der Waals surface area contributed by atoms with Crippen molar-refractivity contribution in [2.75, 3.05) is 5.32 Å². The van der Waals surface area contributed by atoms with Gasteiger partial charge in [-0.25, -0.2) is 4.98 Å². The number of hydrogen-bond donors (Lipinski definition) is 1. The molecule has 0 atom stereocenters. The van der Waals surface area contributed by atoms with E-state index in [1.165, 1.54) is 23.5 Å². The van der Waals surface area contributed by atoms with Crippen LogP contribution < -0.4 is 5.32 Å². The lowest BCUT2D eigenvalue weighted by Crippen LogP contribution is -2.05. The monoisotopic (exact) mass is 278 g/mol. The van der Waals surface area contributed by atoms with Gasteiger partial charge in [-0.2, -0.15) is 13.2 Å². The minimum absolute atomic E-state index is 0.310. The highest BCUT2D eigenvalue weighted by Gasteiger charge is 2.30. The molecule has 2 nitrogen and oxygen atoms in total. The van der Waals surface area contributed by atoms with Gasteiger partial charge in [0.15, 0.2) is 5.13 Å². The molecule has 1 aromatic carbocycles. The van der Waals surface area contributed by atoms with Crippen LogP contribution in [0.15, 0.2) is 29.6 Å². The van der Waals surface area contributed by atoms with E-state index in [1.807, 2.05) is 0 Å². The third-order valence-corrected chi connectivity index (χ3v) is 3.00. The van der Waals surface area contributed by atoms with E-state index in [2.05, 4.69) is 10.3 Å². The maximum absolute atomic E-state index is 12.4. The molecule has 1 heterocycles. The summed E-state index contributed by atoms with van der Waals surface area (Å²) in [7, 11) is 0. The topological polar surface area (TPSA) is 24.9 Å². The summed E-state index contributed by atoms with van der Waals surface area (Å²) in [4.78, 5) is 3.89. The fourth-order valence-corrected chi connectivity index (χ4v) is 2.07. The van der Waals surface area contributed by atoms with Gasteiger partial charge in [0, 0.05) is 11.1 Å². The highest BCUT2D eigenvalue weighted by molar-refractivity contribution is 7.14. The van der Waals surface area contributed by atoms with Crippen molar-refractivity contribution in [2.45, 2.75) is 6.18 Å². The lowest BCUT2D eigenvalue weighted by atomic mass is 10.2. The average molecular weight is 279 g/mol. The van der Waals surface area contributed by atoms with Gasteiger partial charge >= 0.3 is 6.18 Å². The number of thiazole rings is 1. The molecule has 0 aliphatic rings. The normalized spacial score (nSPS) is 11.5. The number of nitrogens with zero attached hydrogens (tertiary/aromatic N) is 1. The number of nitrogens with one attached hydrogen (secondary N) is 1. The van der Waals surface area contributed by atoms with E-state index in [-0.39, 0.29) is 0 Å². The summed E-state index contributed by atoms with van der Waals surface area (Å²) in [6, 6.07) is 4.90. The van der Waals surface area contributed by atoms with Crippen molar-refractivity contribution in [2.24, 2.45) is 0 Å². The molecule has 1 aromatic heterocycles. The summed E-state index contributed by atoms with van der Waals surface area (Å²) in [5.41, 5.74) is -0.379. The van der Waals surface area contributed by atoms with Crippen molar-refractivity contribution < 1.29 is 13.2 Å². The molecule has 1 N–H and O–H groups in total. The van der Waals surface area contributed by atoms with E-state index in [0.717, 1.165) is 12.1 Å². The second kappa shape index (κ2) is 4.54. The van der Waals surface area contributed by atoms with Crippen LogP contribution in [-0.4, -0.2) is 4.98 Å². The Morgan fingerprint density at radius 2 is 2.06 bits per heavy atom. The van der Waals surface area contributed by atoms with E-state index < -0.39 is 11.7 Å². The SMILES string of the molecule is FC(F)(F)c1cccc(Nc2nc(Cl)cs2)c1. The van der Waals surface area contributed by atoms with Gasteiger partial charge in [-0.05, 0) is 18.2 Å². The van der Waals surface area contributed by atoms with Crippen LogP contribution in [0.3, 0.4) is 0 Å². The van der Waals surface area contributed by atoms with Crippen molar-refractivity contribution in [3.63, 3.8) is 0 Å². The minimum Gasteiger partial charge on any atom is -0.332 e. The third kappa shape index (κ3) is 3.10. The zero-order chi connectivity index (χ0) is 12.5. The molecular formula is C10H6ClF3N2S. The number of aromatic nitrogens is 1. The molecule has 0 unspecified atom stereocenters. The van der Waals surface area contributed by atoms with Crippen molar-refractivity contribution in [1.82, 2.24) is 4.98 Å². The fraction of sp³-hybridized carbons (Fsp3) is 0.100. The summed E-state index contributed by atoms with van der Waals surface area (Å²) in [5, 5.41) is 5.12. The first-order valence-corrected chi connectivity index (χ1v) is 5.76. The predicted octanol–water partition coefficient (Wildman–Crippen LogP) is 4.56. The van der Waals surface area contributed by atoms with Crippen LogP contribution in [0.5, 0.6) is 0 Å². The van der Waals surface area contributed by atoms with E-state index in [1.54, 1.807) is 5.38 Å². The van der Waals surface area contributed by atoms with Gasteiger partial charge in [-0.15, -0.1) is 11.3 Å². The zero-order valence-electron chi connectivity index (χ0n) is 8.25. The average Bonchev–Trinajstić information content (AvgIpc) is 2.63. The standard InChI is InChI=1S/C10H6ClF3N2S/c11-8-5-17-9(16-8)15-7-3-1-2-6(4-7)10(12,13)14/h1-5H,(H,15,16). The van der Waals surface area contributed by atoms with E-state index in [9.17, 15) is 13.2 Å². The maximum atomic E-state index is 12.4. The summed E-state index contributed by atoms with van der Waals surface area (Å²) in [6.45, 7) is 0. The molecule has 0 aliphatic carbocycles. The Kier molecular flexibility index (Phi) is 3.26. The summed E-state index contributed by atoms with van der Waals surface area (Å²) in [6.07, 6.45) is -4.35. The van der Waals surface area contributed by atoms with Crippen LogP contribution >= 0.6 is 22.9 Å². The van der Waals surface area contributed by atoms with Crippen LogP contribution in [0.4, 0.5) is 24.0 Å². The molecule has 0 bridgehead atoms. The molecule has 90 valence electrons. The molecule has 0 saturated carbocycles. The van der Waals surface area contributed by atoms with Gasteiger partial charge in [0.05, 0.1) is 5.56 Å². The molecule has 0 saturated heterocycles. The fourth-order valence-electron chi connectivity index (χ4n) is 1.21. The molecule has 7 heteroatoms. The maximum Gasteiger partial charge on any atom is 0.416 e. The third-order valence-electron chi connectivity index (χ3n) is 1.92. The molecule has 0 radical (unpaired) electrons. The molecule has 17 heavy (non-hydrogen) atoms. The zero-order valence-corrected chi connectivity index (χ0v) is 9.83. The van der Waals surface area contributed by atoms with E-state index in [0.29, 0.717) is 16.0 Å². The van der Waals surface area contributed by atoms with Gasteiger partial charge in [-0.3, -0.25) is 0 Å². The molecule has 2 rings (SSSR count). The first-order valence-electron chi connectivity index (χ1n) is 4.50. The number of hydrogen-bond acceptors (Lipinski definition) is 3. The second-order valence-electron chi connectivity index (χ2n) is 3.18. The van der Waals surface area contributed by atoms with Crippen molar-refractivity contribution in [3.8, 4) is 0 Å². The first kappa shape index (κ1) is 12.2. The quantitative estimate of drug-likeness (QED) is 0.871. The summed E-state index contributed by atoms with van der Waals surface area (Å²) in [5.74, 6) is 0. The highest BCUT2D eigenvalue weighted by atomic mass is 35.5. The Morgan fingerprint density at radius 3 is 2.65 bits per heavy atom. The van der Waals surface area contributed by atoms with E-state index in [4.69, 9.17) is 11.6 Å².